The maximum Gasteiger partial charge on any atom is 0.272 e. The number of methoxy groups -OCH3 is 1. The molecule has 1 rings (SSSR count). The van der Waals surface area contributed by atoms with Gasteiger partial charge in [-0.05, 0) is 12.5 Å². The molecular formula is C12H18N2O3S. The maximum absolute atomic E-state index is 10.9. The van der Waals surface area contributed by atoms with Gasteiger partial charge >= 0.3 is 0 Å². The first-order valence-electron chi connectivity index (χ1n) is 5.82. The second-order valence-electron chi connectivity index (χ2n) is 3.74. The van der Waals surface area contributed by atoms with Crippen LogP contribution in [0.25, 0.3) is 0 Å². The summed E-state index contributed by atoms with van der Waals surface area (Å²) in [5.74, 6) is 0.783. The average Bonchev–Trinajstić information content (AvgIpc) is 2.36. The molecule has 0 saturated carbocycles. The number of ether oxygens (including phenoxy) is 1. The van der Waals surface area contributed by atoms with Crippen molar-refractivity contribution >= 4 is 23.1 Å². The first-order valence-corrected chi connectivity index (χ1v) is 6.81. The molecule has 6 heteroatoms. The van der Waals surface area contributed by atoms with E-state index in [1.165, 1.54) is 0 Å². The van der Waals surface area contributed by atoms with Gasteiger partial charge in [-0.25, -0.2) is 0 Å². The summed E-state index contributed by atoms with van der Waals surface area (Å²) >= 11 is 1.55. The highest BCUT2D eigenvalue weighted by molar-refractivity contribution is 7.99. The summed E-state index contributed by atoms with van der Waals surface area (Å²) in [5, 5.41) is 14.0. The number of benzene rings is 1. The number of thioether (sulfide) groups is 1. The molecule has 0 fully saturated rings. The van der Waals surface area contributed by atoms with Crippen LogP contribution in [0.1, 0.15) is 13.3 Å². The molecule has 0 atom stereocenters. The first kappa shape index (κ1) is 14.8. The van der Waals surface area contributed by atoms with Crippen LogP contribution in [0, 0.1) is 10.1 Å². The molecule has 0 aromatic heterocycles. The number of rotatable bonds is 8. The normalized spacial score (nSPS) is 10.3. The molecule has 0 heterocycles. The van der Waals surface area contributed by atoms with Gasteiger partial charge in [0.05, 0.1) is 11.5 Å². The van der Waals surface area contributed by atoms with E-state index in [4.69, 9.17) is 4.74 Å². The van der Waals surface area contributed by atoms with Gasteiger partial charge in [0, 0.05) is 42.1 Å². The zero-order valence-electron chi connectivity index (χ0n) is 10.6. The Balaban J connectivity index is 2.80. The highest BCUT2D eigenvalue weighted by Crippen LogP contribution is 2.27. The zero-order valence-corrected chi connectivity index (χ0v) is 11.5. The van der Waals surface area contributed by atoms with Crippen molar-refractivity contribution in [3.63, 3.8) is 0 Å². The lowest BCUT2D eigenvalue weighted by molar-refractivity contribution is -0.385. The van der Waals surface area contributed by atoms with E-state index in [2.05, 4.69) is 12.2 Å². The Bertz CT molecular complexity index is 399. The summed E-state index contributed by atoms with van der Waals surface area (Å²) < 4.78 is 4.97. The Morgan fingerprint density at radius 3 is 2.83 bits per heavy atom. The molecule has 0 aliphatic rings. The average molecular weight is 270 g/mol. The highest BCUT2D eigenvalue weighted by atomic mass is 32.2. The predicted molar refractivity (Wildman–Crippen MR) is 74.5 cm³/mol. The van der Waals surface area contributed by atoms with Gasteiger partial charge in [0.15, 0.2) is 0 Å². The van der Waals surface area contributed by atoms with Crippen LogP contribution in [0.4, 0.5) is 11.4 Å². The van der Waals surface area contributed by atoms with Gasteiger partial charge in [-0.3, -0.25) is 10.1 Å². The number of anilines is 1. The fourth-order valence-corrected chi connectivity index (χ4v) is 2.29. The number of non-ortho nitro benzene ring substituents is 1. The Morgan fingerprint density at radius 1 is 1.44 bits per heavy atom. The Hall–Kier alpha value is -1.27. The van der Waals surface area contributed by atoms with Gasteiger partial charge in [-0.15, -0.1) is 11.8 Å². The molecule has 0 amide bonds. The number of nitro benzene ring substituents is 1. The maximum atomic E-state index is 10.9. The Kier molecular flexibility index (Phi) is 6.53. The van der Waals surface area contributed by atoms with Crippen LogP contribution in [0.5, 0.6) is 0 Å². The fourth-order valence-electron chi connectivity index (χ4n) is 1.39. The van der Waals surface area contributed by atoms with E-state index in [0.717, 1.165) is 29.3 Å². The molecule has 100 valence electrons. The molecule has 18 heavy (non-hydrogen) atoms. The number of hydrogen-bond acceptors (Lipinski definition) is 5. The molecular weight excluding hydrogens is 252 g/mol. The van der Waals surface area contributed by atoms with Gasteiger partial charge in [-0.2, -0.15) is 0 Å². The second kappa shape index (κ2) is 7.94. The minimum absolute atomic E-state index is 0.121. The number of hydrogen-bond donors (Lipinski definition) is 1. The van der Waals surface area contributed by atoms with Crippen LogP contribution in [-0.4, -0.2) is 30.9 Å². The predicted octanol–water partition coefficient (Wildman–Crippen LogP) is 3.16. The van der Waals surface area contributed by atoms with E-state index >= 15 is 0 Å². The molecule has 5 nitrogen and oxygen atoms in total. The molecule has 0 aliphatic heterocycles. The number of nitro groups is 1. The summed E-state index contributed by atoms with van der Waals surface area (Å²) in [5.41, 5.74) is 0.919. The second-order valence-corrected chi connectivity index (χ2v) is 4.91. The Morgan fingerprint density at radius 2 is 2.22 bits per heavy atom. The SMILES string of the molecule is CCCNc1cc(SCCOC)cc([N+](=O)[O-])c1. The van der Waals surface area contributed by atoms with E-state index < -0.39 is 0 Å². The molecule has 1 N–H and O–H groups in total. The quantitative estimate of drug-likeness (QED) is 0.340. The Labute approximate surface area is 111 Å². The van der Waals surface area contributed by atoms with E-state index in [-0.39, 0.29) is 10.6 Å². The van der Waals surface area contributed by atoms with Crippen molar-refractivity contribution in [2.45, 2.75) is 18.2 Å². The number of nitrogens with zero attached hydrogens (tertiary/aromatic N) is 1. The minimum Gasteiger partial charge on any atom is -0.385 e. The van der Waals surface area contributed by atoms with Crippen molar-refractivity contribution < 1.29 is 9.66 Å². The molecule has 0 bridgehead atoms. The third-order valence-electron chi connectivity index (χ3n) is 2.24. The van der Waals surface area contributed by atoms with Crippen molar-refractivity contribution in [3.8, 4) is 0 Å². The summed E-state index contributed by atoms with van der Waals surface area (Å²) in [4.78, 5) is 11.4. The summed E-state index contributed by atoms with van der Waals surface area (Å²) in [6.07, 6.45) is 0.981. The van der Waals surface area contributed by atoms with Crippen LogP contribution in [0.3, 0.4) is 0 Å². The fraction of sp³-hybridized carbons (Fsp3) is 0.500. The largest absolute Gasteiger partial charge is 0.385 e. The van der Waals surface area contributed by atoms with Gasteiger partial charge in [-0.1, -0.05) is 6.92 Å². The lowest BCUT2D eigenvalue weighted by atomic mass is 10.2. The first-order chi connectivity index (χ1) is 8.67. The topological polar surface area (TPSA) is 64.4 Å². The molecule has 0 radical (unpaired) electrons. The monoisotopic (exact) mass is 270 g/mol. The van der Waals surface area contributed by atoms with Crippen LogP contribution in [0.2, 0.25) is 0 Å². The zero-order chi connectivity index (χ0) is 13.4. The van der Waals surface area contributed by atoms with Crippen LogP contribution >= 0.6 is 11.8 Å². The van der Waals surface area contributed by atoms with Crippen LogP contribution in [0.15, 0.2) is 23.1 Å². The summed E-state index contributed by atoms with van der Waals surface area (Å²) in [6, 6.07) is 5.09. The van der Waals surface area contributed by atoms with Gasteiger partial charge < -0.3 is 10.1 Å². The summed E-state index contributed by atoms with van der Waals surface area (Å²) in [6.45, 7) is 3.49. The van der Waals surface area contributed by atoms with E-state index in [1.54, 1.807) is 31.0 Å². The van der Waals surface area contributed by atoms with Gasteiger partial charge in [0.1, 0.15) is 0 Å². The standard InChI is InChI=1S/C12H18N2O3S/c1-3-4-13-10-7-11(14(15)16)9-12(8-10)18-6-5-17-2/h7-9,13H,3-6H2,1-2H3. The van der Waals surface area contributed by atoms with Crippen molar-refractivity contribution in [2.75, 3.05) is 31.3 Å². The van der Waals surface area contributed by atoms with Crippen molar-refractivity contribution in [2.24, 2.45) is 0 Å². The van der Waals surface area contributed by atoms with Gasteiger partial charge in [0.25, 0.3) is 5.69 Å². The summed E-state index contributed by atoms with van der Waals surface area (Å²) in [7, 11) is 1.64. The molecule has 0 unspecified atom stereocenters. The molecule has 1 aromatic rings. The third-order valence-corrected chi connectivity index (χ3v) is 3.18. The third kappa shape index (κ3) is 4.93. The van der Waals surface area contributed by atoms with Gasteiger partial charge in [0.2, 0.25) is 0 Å². The number of nitrogens with one attached hydrogen (secondary N) is 1. The van der Waals surface area contributed by atoms with Crippen LogP contribution in [-0.2, 0) is 4.74 Å². The van der Waals surface area contributed by atoms with E-state index in [1.807, 2.05) is 6.07 Å². The van der Waals surface area contributed by atoms with Crippen LogP contribution < -0.4 is 5.32 Å². The van der Waals surface area contributed by atoms with E-state index in [0.29, 0.717) is 6.61 Å². The smallest absolute Gasteiger partial charge is 0.272 e. The lowest BCUT2D eigenvalue weighted by Crippen LogP contribution is -2.01. The minimum atomic E-state index is -0.364. The lowest BCUT2D eigenvalue weighted by Gasteiger charge is -2.07. The van der Waals surface area contributed by atoms with E-state index in [9.17, 15) is 10.1 Å². The molecule has 0 aliphatic carbocycles. The molecule has 0 spiro atoms. The van der Waals surface area contributed by atoms with Crippen molar-refractivity contribution in [1.82, 2.24) is 0 Å². The van der Waals surface area contributed by atoms with Crippen molar-refractivity contribution in [1.29, 1.82) is 0 Å². The highest BCUT2D eigenvalue weighted by Gasteiger charge is 2.09. The molecule has 1 aromatic carbocycles. The molecule has 0 saturated heterocycles. The van der Waals surface area contributed by atoms with Crippen molar-refractivity contribution in [3.05, 3.63) is 28.3 Å².